The van der Waals surface area contributed by atoms with E-state index >= 15 is 0 Å². The van der Waals surface area contributed by atoms with Crippen molar-refractivity contribution in [3.63, 3.8) is 0 Å². The van der Waals surface area contributed by atoms with Crippen molar-refractivity contribution in [2.45, 2.75) is 102 Å². The number of aromatic nitrogens is 2. The van der Waals surface area contributed by atoms with Crippen molar-refractivity contribution in [3.05, 3.63) is 22.2 Å². The lowest BCUT2D eigenvalue weighted by molar-refractivity contribution is -0.225. The summed E-state index contributed by atoms with van der Waals surface area (Å²) in [6.45, 7) is 10.7. The Balaban J connectivity index is 1.75. The Bertz CT molecular complexity index is 812. The Morgan fingerprint density at radius 2 is 1.89 bits per heavy atom. The van der Waals surface area contributed by atoms with Crippen LogP contribution in [-0.2, 0) is 13.9 Å². The number of nitrogens with two attached hydrogens (primary N) is 1. The van der Waals surface area contributed by atoms with E-state index in [4.69, 9.17) is 19.6 Å². The SMILES string of the molecule is CC[C@]12O[C@@H](n3cc(C)c(N)nc3=O)C(OC13CC3)[C@H]2O[Si](CC)(CC)CC. The van der Waals surface area contributed by atoms with Crippen molar-refractivity contribution in [3.8, 4) is 0 Å². The zero-order valence-corrected chi connectivity index (χ0v) is 18.7. The smallest absolute Gasteiger partial charge is 0.351 e. The van der Waals surface area contributed by atoms with Crippen LogP contribution in [0, 0.1) is 6.92 Å². The molecule has 1 aromatic heterocycles. The molecule has 4 atom stereocenters. The third-order valence-corrected chi connectivity index (χ3v) is 12.1. The quantitative estimate of drug-likeness (QED) is 0.699. The van der Waals surface area contributed by atoms with E-state index in [1.165, 1.54) is 0 Å². The van der Waals surface area contributed by atoms with Crippen LogP contribution in [0.25, 0.3) is 0 Å². The van der Waals surface area contributed by atoms with Crippen molar-refractivity contribution in [1.29, 1.82) is 0 Å². The number of nitrogen functional groups attached to an aromatic ring is 1. The Hall–Kier alpha value is -1.22. The molecule has 2 saturated heterocycles. The van der Waals surface area contributed by atoms with Crippen molar-refractivity contribution < 1.29 is 13.9 Å². The number of anilines is 1. The van der Waals surface area contributed by atoms with E-state index in [1.54, 1.807) is 10.8 Å². The molecule has 1 unspecified atom stereocenters. The van der Waals surface area contributed by atoms with Gasteiger partial charge < -0.3 is 19.6 Å². The largest absolute Gasteiger partial charge is 0.408 e. The predicted octanol–water partition coefficient (Wildman–Crippen LogP) is 3.13. The highest BCUT2D eigenvalue weighted by Crippen LogP contribution is 2.66. The molecule has 1 saturated carbocycles. The van der Waals surface area contributed by atoms with Crippen LogP contribution in [0.4, 0.5) is 5.82 Å². The minimum Gasteiger partial charge on any atom is -0.408 e. The second-order valence-electron chi connectivity index (χ2n) is 8.61. The van der Waals surface area contributed by atoms with Crippen molar-refractivity contribution in [2.75, 3.05) is 5.73 Å². The lowest BCUT2D eigenvalue weighted by atomic mass is 9.88. The van der Waals surface area contributed by atoms with Gasteiger partial charge in [0.2, 0.25) is 0 Å². The molecule has 4 rings (SSSR count). The summed E-state index contributed by atoms with van der Waals surface area (Å²) in [6.07, 6.45) is 3.59. The van der Waals surface area contributed by atoms with Gasteiger partial charge in [0.25, 0.3) is 0 Å². The van der Waals surface area contributed by atoms with Crippen LogP contribution in [0.5, 0.6) is 0 Å². The van der Waals surface area contributed by atoms with Gasteiger partial charge >= 0.3 is 5.69 Å². The van der Waals surface area contributed by atoms with Crippen LogP contribution in [0.15, 0.2) is 11.0 Å². The highest BCUT2D eigenvalue weighted by Gasteiger charge is 2.78. The standard InChI is InChI=1S/C20H33N3O4Si/c1-6-20-15(27-28(7-2,8-3)9-4)14(25-19(20)10-11-19)17(26-20)23-12-13(5)16(21)22-18(23)24/h12,14-15,17H,6-11H2,1-5H3,(H2,21,22,24)/t14?,15-,17-,20-/m1/s1. The van der Waals surface area contributed by atoms with Gasteiger partial charge in [-0.3, -0.25) is 4.57 Å². The van der Waals surface area contributed by atoms with E-state index in [1.807, 2.05) is 6.92 Å². The maximum Gasteiger partial charge on any atom is 0.351 e. The number of fused-ring (bicyclic) bond motifs is 3. The van der Waals surface area contributed by atoms with Gasteiger partial charge in [-0.2, -0.15) is 4.98 Å². The summed E-state index contributed by atoms with van der Waals surface area (Å²) in [5.74, 6) is 0.261. The summed E-state index contributed by atoms with van der Waals surface area (Å²) in [5, 5.41) is 0. The first-order valence-electron chi connectivity index (χ1n) is 10.7. The molecule has 1 spiro atoms. The molecule has 28 heavy (non-hydrogen) atoms. The monoisotopic (exact) mass is 407 g/mol. The van der Waals surface area contributed by atoms with Gasteiger partial charge in [0, 0.05) is 11.8 Å². The molecule has 1 aliphatic carbocycles. The van der Waals surface area contributed by atoms with Gasteiger partial charge in [0.1, 0.15) is 29.2 Å². The molecule has 2 bridgehead atoms. The molecule has 156 valence electrons. The highest BCUT2D eigenvalue weighted by atomic mass is 28.4. The van der Waals surface area contributed by atoms with E-state index in [9.17, 15) is 4.79 Å². The van der Waals surface area contributed by atoms with Gasteiger partial charge in [-0.15, -0.1) is 0 Å². The number of nitrogens with zero attached hydrogens (tertiary/aromatic N) is 2. The predicted molar refractivity (Wildman–Crippen MR) is 110 cm³/mol. The van der Waals surface area contributed by atoms with Crippen LogP contribution in [-0.4, -0.2) is 41.3 Å². The molecule has 3 fully saturated rings. The van der Waals surface area contributed by atoms with E-state index in [2.05, 4.69) is 32.7 Å². The minimum absolute atomic E-state index is 0.138. The highest BCUT2D eigenvalue weighted by molar-refractivity contribution is 6.73. The summed E-state index contributed by atoms with van der Waals surface area (Å²) in [4.78, 5) is 16.6. The fourth-order valence-corrected chi connectivity index (χ4v) is 8.14. The number of hydrogen-bond acceptors (Lipinski definition) is 6. The second kappa shape index (κ2) is 6.65. The zero-order chi connectivity index (χ0) is 20.3. The van der Waals surface area contributed by atoms with E-state index < -0.39 is 25.8 Å². The fourth-order valence-electron chi connectivity index (χ4n) is 5.28. The van der Waals surface area contributed by atoms with Gasteiger partial charge in [-0.1, -0.05) is 27.7 Å². The Morgan fingerprint density at radius 3 is 2.43 bits per heavy atom. The molecule has 8 heteroatoms. The molecule has 2 N–H and O–H groups in total. The molecule has 3 aliphatic rings. The molecule has 0 radical (unpaired) electrons. The van der Waals surface area contributed by atoms with Crippen molar-refractivity contribution in [2.24, 2.45) is 0 Å². The Labute approximate surface area is 167 Å². The molecule has 7 nitrogen and oxygen atoms in total. The van der Waals surface area contributed by atoms with Gasteiger partial charge in [0.05, 0.1) is 0 Å². The first-order chi connectivity index (χ1) is 13.3. The third-order valence-electron chi connectivity index (χ3n) is 7.49. The first-order valence-corrected chi connectivity index (χ1v) is 13.2. The first kappa shape index (κ1) is 20.1. The van der Waals surface area contributed by atoms with Crippen LogP contribution >= 0.6 is 0 Å². The molecule has 1 aromatic rings. The maximum atomic E-state index is 12.6. The maximum absolute atomic E-state index is 12.6. The van der Waals surface area contributed by atoms with E-state index in [0.717, 1.165) is 43.0 Å². The van der Waals surface area contributed by atoms with Crippen LogP contribution in [0.1, 0.15) is 58.7 Å². The van der Waals surface area contributed by atoms with Gasteiger partial charge in [-0.25, -0.2) is 4.79 Å². The van der Waals surface area contributed by atoms with Crippen LogP contribution in [0.2, 0.25) is 18.1 Å². The van der Waals surface area contributed by atoms with Gasteiger partial charge in [-0.05, 0) is 44.3 Å². The zero-order valence-electron chi connectivity index (χ0n) is 17.7. The Morgan fingerprint density at radius 1 is 1.25 bits per heavy atom. The van der Waals surface area contributed by atoms with Crippen molar-refractivity contribution >= 4 is 14.1 Å². The summed E-state index contributed by atoms with van der Waals surface area (Å²) in [7, 11) is -1.87. The van der Waals surface area contributed by atoms with Crippen LogP contribution < -0.4 is 11.4 Å². The number of hydrogen-bond donors (Lipinski definition) is 1. The number of rotatable bonds is 7. The number of ether oxygens (including phenoxy) is 2. The molecular weight excluding hydrogens is 374 g/mol. The normalized spacial score (nSPS) is 33.0. The lowest BCUT2D eigenvalue weighted by Crippen LogP contribution is -2.53. The van der Waals surface area contributed by atoms with Gasteiger partial charge in [0.15, 0.2) is 14.5 Å². The van der Waals surface area contributed by atoms with Crippen molar-refractivity contribution in [1.82, 2.24) is 9.55 Å². The summed E-state index contributed by atoms with van der Waals surface area (Å²) in [5.41, 5.74) is 5.44. The minimum atomic E-state index is -1.87. The molecule has 0 amide bonds. The molecule has 2 aliphatic heterocycles. The fraction of sp³-hybridized carbons (Fsp3) is 0.800. The average Bonchev–Trinajstić information content (AvgIpc) is 3.34. The average molecular weight is 408 g/mol. The molecule has 3 heterocycles. The third kappa shape index (κ3) is 2.57. The van der Waals surface area contributed by atoms with E-state index in [-0.39, 0.29) is 23.6 Å². The van der Waals surface area contributed by atoms with Crippen LogP contribution in [0.3, 0.4) is 0 Å². The Kier molecular flexibility index (Phi) is 4.77. The second-order valence-corrected chi connectivity index (χ2v) is 13.3. The number of aryl methyl sites for hydroxylation is 1. The molecular formula is C20H33N3O4Si. The summed E-state index contributed by atoms with van der Waals surface area (Å²) >= 11 is 0. The summed E-state index contributed by atoms with van der Waals surface area (Å²) < 4.78 is 21.8. The molecule has 0 aromatic carbocycles. The topological polar surface area (TPSA) is 88.6 Å². The lowest BCUT2D eigenvalue weighted by Gasteiger charge is -2.40. The summed E-state index contributed by atoms with van der Waals surface area (Å²) in [6, 6.07) is 3.22. The van der Waals surface area contributed by atoms with E-state index in [0.29, 0.717) is 0 Å².